The molecule has 0 fully saturated rings. The highest BCUT2D eigenvalue weighted by atomic mass is 19.1. The first-order valence-electron chi connectivity index (χ1n) is 14.3. The molecule has 4 heteroatoms. The van der Waals surface area contributed by atoms with Crippen molar-refractivity contribution in [3.63, 3.8) is 0 Å². The van der Waals surface area contributed by atoms with E-state index < -0.39 is 0 Å². The summed E-state index contributed by atoms with van der Waals surface area (Å²) >= 11 is 0. The molecule has 1 aliphatic carbocycles. The van der Waals surface area contributed by atoms with Gasteiger partial charge in [-0.3, -0.25) is 4.98 Å². The van der Waals surface area contributed by atoms with Crippen molar-refractivity contribution in [1.82, 2.24) is 4.98 Å². The molecule has 1 unspecified atom stereocenters. The Morgan fingerprint density at radius 2 is 1.61 bits per heavy atom. The van der Waals surface area contributed by atoms with Crippen molar-refractivity contribution in [3.05, 3.63) is 126 Å². The average Bonchev–Trinajstić information content (AvgIpc) is 3.03. The average molecular weight is 544 g/mol. The number of methoxy groups -OCH3 is 2. The van der Waals surface area contributed by atoms with Crippen LogP contribution in [0.1, 0.15) is 41.9 Å². The third-order valence-corrected chi connectivity index (χ3v) is 8.31. The maximum atomic E-state index is 13.6. The summed E-state index contributed by atoms with van der Waals surface area (Å²) in [6.07, 6.45) is 9.07. The van der Waals surface area contributed by atoms with Gasteiger partial charge in [0.1, 0.15) is 17.3 Å². The van der Waals surface area contributed by atoms with Gasteiger partial charge < -0.3 is 9.47 Å². The molecule has 0 saturated heterocycles. The van der Waals surface area contributed by atoms with Crippen LogP contribution in [0.5, 0.6) is 11.5 Å². The molecule has 0 bridgehead atoms. The van der Waals surface area contributed by atoms with Crippen LogP contribution < -0.4 is 9.47 Å². The summed E-state index contributed by atoms with van der Waals surface area (Å²) < 4.78 is 25.0. The molecule has 0 radical (unpaired) electrons. The van der Waals surface area contributed by atoms with Gasteiger partial charge in [0.15, 0.2) is 0 Å². The van der Waals surface area contributed by atoms with Gasteiger partial charge >= 0.3 is 0 Å². The van der Waals surface area contributed by atoms with Crippen LogP contribution in [0.15, 0.2) is 103 Å². The lowest BCUT2D eigenvalue weighted by Gasteiger charge is -2.27. The summed E-state index contributed by atoms with van der Waals surface area (Å²) in [7, 11) is 3.43. The molecule has 1 aromatic heterocycles. The molecule has 1 atom stereocenters. The summed E-state index contributed by atoms with van der Waals surface area (Å²) in [4.78, 5) is 4.01. The summed E-state index contributed by atoms with van der Waals surface area (Å²) in [5.74, 6) is 2.04. The predicted octanol–water partition coefficient (Wildman–Crippen LogP) is 9.44. The maximum absolute atomic E-state index is 13.6. The number of halogens is 1. The molecule has 206 valence electrons. The van der Waals surface area contributed by atoms with E-state index in [2.05, 4.69) is 41.4 Å². The Hall–Kier alpha value is -4.44. The monoisotopic (exact) mass is 543 g/mol. The van der Waals surface area contributed by atoms with Crippen molar-refractivity contribution in [3.8, 4) is 11.5 Å². The van der Waals surface area contributed by atoms with E-state index in [0.29, 0.717) is 5.92 Å². The van der Waals surface area contributed by atoms with E-state index in [9.17, 15) is 4.39 Å². The van der Waals surface area contributed by atoms with Crippen LogP contribution in [-0.4, -0.2) is 19.2 Å². The quantitative estimate of drug-likeness (QED) is 0.203. The highest BCUT2D eigenvalue weighted by Crippen LogP contribution is 2.44. The Balaban J connectivity index is 0.000000253. The van der Waals surface area contributed by atoms with Gasteiger partial charge in [0.05, 0.1) is 19.6 Å². The van der Waals surface area contributed by atoms with E-state index in [1.165, 1.54) is 57.0 Å². The number of hydrogen-bond donors (Lipinski definition) is 0. The van der Waals surface area contributed by atoms with Gasteiger partial charge in [-0.2, -0.15) is 0 Å². The van der Waals surface area contributed by atoms with E-state index in [1.54, 1.807) is 26.4 Å². The molecule has 0 saturated carbocycles. The molecule has 1 heterocycles. The summed E-state index contributed by atoms with van der Waals surface area (Å²) in [5.41, 5.74) is 3.96. The van der Waals surface area contributed by atoms with Gasteiger partial charge in [-0.15, -0.1) is 0 Å². The van der Waals surface area contributed by atoms with Gasteiger partial charge in [0, 0.05) is 12.4 Å². The molecule has 0 N–H and O–H groups in total. The molecule has 0 amide bonds. The lowest BCUT2D eigenvalue weighted by molar-refractivity contribution is 0.405. The third-order valence-electron chi connectivity index (χ3n) is 8.31. The maximum Gasteiger partial charge on any atom is 0.131 e. The van der Waals surface area contributed by atoms with Crippen LogP contribution in [0, 0.1) is 5.82 Å². The Bertz CT molecular complexity index is 1760. The van der Waals surface area contributed by atoms with Gasteiger partial charge in [-0.05, 0) is 112 Å². The minimum atomic E-state index is -0.151. The largest absolute Gasteiger partial charge is 0.496 e. The van der Waals surface area contributed by atoms with Gasteiger partial charge in [0.2, 0.25) is 0 Å². The van der Waals surface area contributed by atoms with E-state index in [-0.39, 0.29) is 5.82 Å². The van der Waals surface area contributed by atoms with E-state index >= 15 is 0 Å². The molecule has 41 heavy (non-hydrogen) atoms. The first-order chi connectivity index (χ1) is 20.2. The van der Waals surface area contributed by atoms with E-state index in [0.717, 1.165) is 41.7 Å². The number of hydrogen-bond acceptors (Lipinski definition) is 3. The number of aromatic nitrogens is 1. The zero-order chi connectivity index (χ0) is 28.2. The highest BCUT2D eigenvalue weighted by Gasteiger charge is 2.23. The van der Waals surface area contributed by atoms with Crippen LogP contribution >= 0.6 is 0 Å². The number of ether oxygens (including phenoxy) is 2. The molecule has 5 aromatic carbocycles. The molecule has 7 rings (SSSR count). The zero-order valence-electron chi connectivity index (χ0n) is 23.6. The van der Waals surface area contributed by atoms with Crippen molar-refractivity contribution in [2.24, 2.45) is 0 Å². The number of rotatable bonds is 5. The minimum Gasteiger partial charge on any atom is -0.496 e. The molecular formula is C37H34FNO2. The minimum absolute atomic E-state index is 0.151. The first-order valence-corrected chi connectivity index (χ1v) is 14.3. The van der Waals surface area contributed by atoms with Gasteiger partial charge in [-0.25, -0.2) is 4.39 Å². The van der Waals surface area contributed by atoms with Crippen molar-refractivity contribution in [2.45, 2.75) is 38.0 Å². The van der Waals surface area contributed by atoms with Crippen molar-refractivity contribution in [2.75, 3.05) is 14.2 Å². The fraction of sp³-hybridized carbons (Fsp3) is 0.216. The van der Waals surface area contributed by atoms with E-state index in [1.807, 2.05) is 48.8 Å². The van der Waals surface area contributed by atoms with Gasteiger partial charge in [-0.1, -0.05) is 60.7 Å². The standard InChI is InChI=1S/C28H27FO2.C9H7N/c1-30-26-11-5-10-24-23-15-14-21-19(13-12-18-6-3-8-20(29)16-18)7-4-9-22(21)25(23)17-27(31-2)28(24)26;1-2-4-9-7-10-6-5-8(9)3-1/h3,5-6,8,10-11,14-17,19H,4,7,9,12-13H2,1-2H3;1-7H. The SMILES string of the molecule is COc1cccc2c1c(OC)cc1c3c(ccc12)C(CCc1cccc(F)c1)CCC3.c1ccc2cnccc2c1. The van der Waals surface area contributed by atoms with Crippen LogP contribution in [0.2, 0.25) is 0 Å². The predicted molar refractivity (Wildman–Crippen MR) is 167 cm³/mol. The molecule has 0 aliphatic heterocycles. The lowest BCUT2D eigenvalue weighted by Crippen LogP contribution is -2.11. The normalized spacial score (nSPS) is 14.4. The molecule has 1 aliphatic rings. The molecule has 3 nitrogen and oxygen atoms in total. The van der Waals surface area contributed by atoms with Crippen molar-refractivity contribution < 1.29 is 13.9 Å². The van der Waals surface area contributed by atoms with E-state index in [4.69, 9.17) is 9.47 Å². The molecular weight excluding hydrogens is 509 g/mol. The van der Waals surface area contributed by atoms with Crippen LogP contribution in [0.4, 0.5) is 4.39 Å². The zero-order valence-corrected chi connectivity index (χ0v) is 23.6. The Kier molecular flexibility index (Phi) is 7.82. The molecule has 6 aromatic rings. The smallest absolute Gasteiger partial charge is 0.131 e. The number of aryl methyl sites for hydroxylation is 2. The number of nitrogens with zero attached hydrogens (tertiary/aromatic N) is 1. The third kappa shape index (κ3) is 5.47. The Labute approximate surface area is 240 Å². The second kappa shape index (κ2) is 12.0. The number of pyridine rings is 1. The van der Waals surface area contributed by atoms with Crippen LogP contribution in [-0.2, 0) is 12.8 Å². The Morgan fingerprint density at radius 1 is 0.780 bits per heavy atom. The summed E-state index contributed by atoms with van der Waals surface area (Å²) in [5, 5.41) is 7.17. The number of benzene rings is 5. The molecule has 0 spiro atoms. The van der Waals surface area contributed by atoms with Crippen LogP contribution in [0.25, 0.3) is 32.3 Å². The second-order valence-electron chi connectivity index (χ2n) is 10.7. The fourth-order valence-corrected chi connectivity index (χ4v) is 6.33. The van der Waals surface area contributed by atoms with Crippen molar-refractivity contribution >= 4 is 32.3 Å². The van der Waals surface area contributed by atoms with Crippen LogP contribution in [0.3, 0.4) is 0 Å². The second-order valence-corrected chi connectivity index (χ2v) is 10.7. The fourth-order valence-electron chi connectivity index (χ4n) is 6.33. The highest BCUT2D eigenvalue weighted by molar-refractivity contribution is 6.13. The van der Waals surface area contributed by atoms with Crippen molar-refractivity contribution in [1.29, 1.82) is 0 Å². The Morgan fingerprint density at radius 3 is 2.41 bits per heavy atom. The number of fused-ring (bicyclic) bond motifs is 6. The van der Waals surface area contributed by atoms with Gasteiger partial charge in [0.25, 0.3) is 0 Å². The topological polar surface area (TPSA) is 31.4 Å². The first kappa shape index (κ1) is 26.8. The summed E-state index contributed by atoms with van der Waals surface area (Å²) in [6, 6.07) is 30.1. The lowest BCUT2D eigenvalue weighted by atomic mass is 9.77. The summed E-state index contributed by atoms with van der Waals surface area (Å²) in [6.45, 7) is 0.